The monoisotopic (exact) mass is 468 g/mol. The highest BCUT2D eigenvalue weighted by molar-refractivity contribution is 9.10. The summed E-state index contributed by atoms with van der Waals surface area (Å²) < 4.78 is 3.83. The molecule has 1 amide bonds. The van der Waals surface area contributed by atoms with Crippen molar-refractivity contribution in [2.75, 3.05) is 6.54 Å². The lowest BCUT2D eigenvalue weighted by Crippen LogP contribution is -2.35. The molecule has 3 rings (SSSR count). The highest BCUT2D eigenvalue weighted by atomic mass is 79.9. The van der Waals surface area contributed by atoms with Crippen molar-refractivity contribution in [3.05, 3.63) is 50.7 Å². The van der Waals surface area contributed by atoms with Gasteiger partial charge in [0.25, 0.3) is 5.91 Å². The molecule has 6 nitrogen and oxygen atoms in total. The molecule has 1 N–H and O–H groups in total. The molecule has 2 heterocycles. The van der Waals surface area contributed by atoms with Gasteiger partial charge in [-0.2, -0.15) is 5.10 Å². The van der Waals surface area contributed by atoms with Crippen molar-refractivity contribution in [3.8, 4) is 0 Å². The minimum atomic E-state index is -0.560. The minimum absolute atomic E-state index is 0.133. The van der Waals surface area contributed by atoms with Gasteiger partial charge in [-0.3, -0.25) is 9.48 Å². The number of halogens is 2. The van der Waals surface area contributed by atoms with Crippen LogP contribution in [-0.2, 0) is 16.2 Å². The number of benzene rings is 1. The third-order valence-electron chi connectivity index (χ3n) is 3.87. The molecule has 25 heavy (non-hydrogen) atoms. The van der Waals surface area contributed by atoms with E-state index in [1.54, 1.807) is 0 Å². The van der Waals surface area contributed by atoms with Crippen LogP contribution in [0, 0.1) is 6.92 Å². The molecule has 1 unspecified atom stereocenters. The number of nitrogens with zero attached hydrogens (tertiary/aromatic N) is 3. The SMILES string of the molecule is Cc1nn(CCCNC(=O)C2CC(c3cccc(Br)c3)=NO2)cc1Br. The third-order valence-corrected chi connectivity index (χ3v) is 5.14. The van der Waals surface area contributed by atoms with Gasteiger partial charge in [0.05, 0.1) is 15.9 Å². The van der Waals surface area contributed by atoms with E-state index in [4.69, 9.17) is 4.84 Å². The van der Waals surface area contributed by atoms with E-state index < -0.39 is 6.10 Å². The fourth-order valence-corrected chi connectivity index (χ4v) is 3.25. The number of hydrogen-bond donors (Lipinski definition) is 1. The molecule has 0 spiro atoms. The Bertz CT molecular complexity index is 784. The molecular weight excluding hydrogens is 452 g/mol. The Morgan fingerprint density at radius 3 is 3.00 bits per heavy atom. The first-order valence-corrected chi connectivity index (χ1v) is 9.57. The summed E-state index contributed by atoms with van der Waals surface area (Å²) in [5.41, 5.74) is 2.71. The average molecular weight is 470 g/mol. The number of oxime groups is 1. The van der Waals surface area contributed by atoms with Crippen molar-refractivity contribution in [2.45, 2.75) is 32.4 Å². The second-order valence-corrected chi connectivity index (χ2v) is 7.59. The molecule has 2 aromatic rings. The van der Waals surface area contributed by atoms with Gasteiger partial charge in [-0.1, -0.05) is 33.2 Å². The quantitative estimate of drug-likeness (QED) is 0.659. The Labute approximate surface area is 162 Å². The van der Waals surface area contributed by atoms with Crippen LogP contribution in [-0.4, -0.2) is 34.0 Å². The molecule has 1 aromatic heterocycles. The highest BCUT2D eigenvalue weighted by Gasteiger charge is 2.28. The predicted molar refractivity (Wildman–Crippen MR) is 102 cm³/mol. The first-order valence-electron chi connectivity index (χ1n) is 7.99. The summed E-state index contributed by atoms with van der Waals surface area (Å²) in [5, 5.41) is 11.3. The van der Waals surface area contributed by atoms with E-state index in [-0.39, 0.29) is 5.91 Å². The van der Waals surface area contributed by atoms with Crippen molar-refractivity contribution in [2.24, 2.45) is 5.16 Å². The van der Waals surface area contributed by atoms with Gasteiger partial charge in [-0.25, -0.2) is 0 Å². The Morgan fingerprint density at radius 2 is 2.28 bits per heavy atom. The van der Waals surface area contributed by atoms with Crippen LogP contribution < -0.4 is 5.32 Å². The summed E-state index contributed by atoms with van der Waals surface area (Å²) in [6.07, 6.45) is 2.66. The third kappa shape index (κ3) is 4.70. The Kier molecular flexibility index (Phi) is 5.90. The zero-order chi connectivity index (χ0) is 17.8. The first kappa shape index (κ1) is 18.1. The Morgan fingerprint density at radius 1 is 1.44 bits per heavy atom. The fraction of sp³-hybridized carbons (Fsp3) is 0.353. The van der Waals surface area contributed by atoms with Gasteiger partial charge in [0, 0.05) is 35.7 Å². The molecule has 0 saturated carbocycles. The van der Waals surface area contributed by atoms with E-state index in [9.17, 15) is 4.79 Å². The van der Waals surface area contributed by atoms with E-state index in [0.717, 1.165) is 38.9 Å². The maximum Gasteiger partial charge on any atom is 0.264 e. The molecule has 1 aliphatic heterocycles. The predicted octanol–water partition coefficient (Wildman–Crippen LogP) is 3.42. The first-order chi connectivity index (χ1) is 12.0. The largest absolute Gasteiger partial charge is 0.382 e. The summed E-state index contributed by atoms with van der Waals surface area (Å²) in [6, 6.07) is 7.80. The lowest BCUT2D eigenvalue weighted by atomic mass is 10.0. The second kappa shape index (κ2) is 8.14. The van der Waals surface area contributed by atoms with Crippen molar-refractivity contribution in [1.82, 2.24) is 15.1 Å². The van der Waals surface area contributed by atoms with Gasteiger partial charge in [-0.05, 0) is 41.4 Å². The van der Waals surface area contributed by atoms with Crippen LogP contribution in [0.2, 0.25) is 0 Å². The molecule has 8 heteroatoms. The number of rotatable bonds is 6. The summed E-state index contributed by atoms with van der Waals surface area (Å²) in [6.45, 7) is 3.27. The topological polar surface area (TPSA) is 68.5 Å². The summed E-state index contributed by atoms with van der Waals surface area (Å²) >= 11 is 6.87. The molecule has 1 atom stereocenters. The zero-order valence-electron chi connectivity index (χ0n) is 13.7. The normalized spacial score (nSPS) is 16.4. The molecule has 1 aliphatic rings. The van der Waals surface area contributed by atoms with Gasteiger partial charge < -0.3 is 10.2 Å². The molecule has 132 valence electrons. The van der Waals surface area contributed by atoms with Gasteiger partial charge >= 0.3 is 0 Å². The van der Waals surface area contributed by atoms with Crippen molar-refractivity contribution in [3.63, 3.8) is 0 Å². The van der Waals surface area contributed by atoms with Crippen molar-refractivity contribution >= 4 is 43.5 Å². The molecule has 1 aromatic carbocycles. The van der Waals surface area contributed by atoms with Crippen LogP contribution in [0.1, 0.15) is 24.1 Å². The number of amides is 1. The fourth-order valence-electron chi connectivity index (χ4n) is 2.53. The van der Waals surface area contributed by atoms with E-state index in [2.05, 4.69) is 47.4 Å². The van der Waals surface area contributed by atoms with E-state index >= 15 is 0 Å². The van der Waals surface area contributed by atoms with E-state index in [1.807, 2.05) is 42.1 Å². The summed E-state index contributed by atoms with van der Waals surface area (Å²) in [4.78, 5) is 17.5. The lowest BCUT2D eigenvalue weighted by Gasteiger charge is -2.09. The van der Waals surface area contributed by atoms with Gasteiger partial charge in [0.2, 0.25) is 6.10 Å². The molecule has 0 radical (unpaired) electrons. The number of hydrogen-bond acceptors (Lipinski definition) is 4. The van der Waals surface area contributed by atoms with Gasteiger partial charge in [-0.15, -0.1) is 0 Å². The maximum atomic E-state index is 12.2. The molecule has 0 saturated heterocycles. The van der Waals surface area contributed by atoms with Crippen LogP contribution in [0.3, 0.4) is 0 Å². The average Bonchev–Trinajstić information content (AvgIpc) is 3.19. The van der Waals surface area contributed by atoms with E-state index in [0.29, 0.717) is 13.0 Å². The Balaban J connectivity index is 1.42. The summed E-state index contributed by atoms with van der Waals surface area (Å²) in [5.74, 6) is -0.133. The zero-order valence-corrected chi connectivity index (χ0v) is 16.9. The number of aryl methyl sites for hydroxylation is 2. The molecule has 0 bridgehead atoms. The molecule has 0 fully saturated rings. The number of carbonyl (C=O) groups excluding carboxylic acids is 1. The molecule has 0 aliphatic carbocycles. The lowest BCUT2D eigenvalue weighted by molar-refractivity contribution is -0.131. The van der Waals surface area contributed by atoms with E-state index in [1.165, 1.54) is 0 Å². The second-order valence-electron chi connectivity index (χ2n) is 5.82. The number of aromatic nitrogens is 2. The van der Waals surface area contributed by atoms with Gasteiger partial charge in [0.1, 0.15) is 0 Å². The minimum Gasteiger partial charge on any atom is -0.382 e. The van der Waals surface area contributed by atoms with Crippen LogP contribution in [0.15, 0.2) is 44.6 Å². The standard InChI is InChI=1S/C17H18Br2N4O2/c1-11-14(19)10-23(21-11)7-3-6-20-17(24)16-9-15(22-25-16)12-4-2-5-13(18)8-12/h2,4-5,8,10,16H,3,6-7,9H2,1H3,(H,20,24). The number of carbonyl (C=O) groups is 1. The Hall–Kier alpha value is -1.67. The van der Waals surface area contributed by atoms with Crippen LogP contribution in [0.5, 0.6) is 0 Å². The summed E-state index contributed by atoms with van der Waals surface area (Å²) in [7, 11) is 0. The molecular formula is C17H18Br2N4O2. The van der Waals surface area contributed by atoms with Crippen molar-refractivity contribution < 1.29 is 9.63 Å². The van der Waals surface area contributed by atoms with Crippen molar-refractivity contribution in [1.29, 1.82) is 0 Å². The maximum absolute atomic E-state index is 12.2. The van der Waals surface area contributed by atoms with Crippen LogP contribution in [0.4, 0.5) is 0 Å². The van der Waals surface area contributed by atoms with Crippen LogP contribution >= 0.6 is 31.9 Å². The number of nitrogens with one attached hydrogen (secondary N) is 1. The van der Waals surface area contributed by atoms with Crippen LogP contribution in [0.25, 0.3) is 0 Å². The highest BCUT2D eigenvalue weighted by Crippen LogP contribution is 2.20. The van der Waals surface area contributed by atoms with Gasteiger partial charge in [0.15, 0.2) is 0 Å². The smallest absolute Gasteiger partial charge is 0.264 e.